The summed E-state index contributed by atoms with van der Waals surface area (Å²) < 4.78 is 9.62. The predicted octanol–water partition coefficient (Wildman–Crippen LogP) is 3.77. The van der Waals surface area contributed by atoms with Crippen LogP contribution >= 0.6 is 11.8 Å². The molecule has 1 amide bonds. The van der Waals surface area contributed by atoms with Crippen molar-refractivity contribution in [2.45, 2.75) is 50.6 Å². The number of thioether (sulfide) groups is 1. The highest BCUT2D eigenvalue weighted by molar-refractivity contribution is 8.14. The van der Waals surface area contributed by atoms with E-state index in [1.54, 1.807) is 11.8 Å². The van der Waals surface area contributed by atoms with Crippen LogP contribution in [0.5, 0.6) is 0 Å². The molecule has 1 aromatic carbocycles. The molecule has 1 unspecified atom stereocenters. The molecule has 1 aliphatic heterocycles. The van der Waals surface area contributed by atoms with Gasteiger partial charge in [0.15, 0.2) is 0 Å². The van der Waals surface area contributed by atoms with Crippen LogP contribution < -0.4 is 0 Å². The number of benzene rings is 1. The lowest BCUT2D eigenvalue weighted by atomic mass is 10.0. The fourth-order valence-corrected chi connectivity index (χ4v) is 4.40. The third-order valence-corrected chi connectivity index (χ3v) is 5.46. The van der Waals surface area contributed by atoms with E-state index in [0.717, 1.165) is 17.3 Å². The minimum absolute atomic E-state index is 0.209. The molecule has 0 N–H and O–H groups in total. The van der Waals surface area contributed by atoms with Gasteiger partial charge in [-0.15, -0.1) is 0 Å². The van der Waals surface area contributed by atoms with Crippen LogP contribution in [0.3, 0.4) is 0 Å². The summed E-state index contributed by atoms with van der Waals surface area (Å²) >= 11 is 0.967. The van der Waals surface area contributed by atoms with E-state index in [2.05, 4.69) is 0 Å². The summed E-state index contributed by atoms with van der Waals surface area (Å²) in [4.78, 5) is 27.3. The zero-order chi connectivity index (χ0) is 18.2. The molecule has 0 spiro atoms. The van der Waals surface area contributed by atoms with E-state index in [9.17, 15) is 9.59 Å². The summed E-state index contributed by atoms with van der Waals surface area (Å²) in [7, 11) is 1.33. The van der Waals surface area contributed by atoms with Crippen molar-refractivity contribution in [3.63, 3.8) is 0 Å². The SMILES string of the molecule is COC(=O)C(C)(SC(=O)N1C(C)(C)COC1(C)C)c1ccccc1. The molecule has 1 atom stereocenters. The van der Waals surface area contributed by atoms with Crippen molar-refractivity contribution in [1.29, 1.82) is 0 Å². The number of amides is 1. The number of carbonyl (C=O) groups is 2. The molecular formula is C18H25NO4S. The van der Waals surface area contributed by atoms with E-state index in [4.69, 9.17) is 9.47 Å². The average molecular weight is 351 g/mol. The third kappa shape index (κ3) is 3.30. The van der Waals surface area contributed by atoms with Gasteiger partial charge in [-0.05, 0) is 51.9 Å². The van der Waals surface area contributed by atoms with Crippen molar-refractivity contribution >= 4 is 23.0 Å². The fourth-order valence-electron chi connectivity index (χ4n) is 3.07. The van der Waals surface area contributed by atoms with E-state index in [-0.39, 0.29) is 5.24 Å². The van der Waals surface area contributed by atoms with Gasteiger partial charge < -0.3 is 9.47 Å². The van der Waals surface area contributed by atoms with Gasteiger partial charge in [-0.3, -0.25) is 14.5 Å². The van der Waals surface area contributed by atoms with E-state index in [1.807, 2.05) is 58.0 Å². The Morgan fingerprint density at radius 1 is 1.21 bits per heavy atom. The second-order valence-electron chi connectivity index (χ2n) is 7.14. The Morgan fingerprint density at radius 3 is 2.25 bits per heavy atom. The van der Waals surface area contributed by atoms with Gasteiger partial charge >= 0.3 is 5.97 Å². The van der Waals surface area contributed by atoms with Crippen LogP contribution in [-0.4, -0.2) is 41.1 Å². The first-order valence-corrected chi connectivity index (χ1v) is 8.67. The lowest BCUT2D eigenvalue weighted by molar-refractivity contribution is -0.143. The number of nitrogens with zero attached hydrogens (tertiary/aromatic N) is 1. The Morgan fingerprint density at radius 2 is 1.79 bits per heavy atom. The third-order valence-electron chi connectivity index (χ3n) is 4.30. The van der Waals surface area contributed by atoms with Crippen molar-refractivity contribution < 1.29 is 19.1 Å². The number of hydrogen-bond acceptors (Lipinski definition) is 5. The smallest absolute Gasteiger partial charge is 0.326 e. The number of hydrogen-bond donors (Lipinski definition) is 0. The molecule has 0 radical (unpaired) electrons. The van der Waals surface area contributed by atoms with Crippen LogP contribution in [0.25, 0.3) is 0 Å². The standard InChI is InChI=1S/C18H25NO4S/c1-16(2)12-23-17(3,4)19(16)15(21)24-18(5,14(20)22-6)13-10-8-7-9-11-13/h7-11H,12H2,1-6H3. The van der Waals surface area contributed by atoms with E-state index < -0.39 is 22.0 Å². The summed E-state index contributed by atoms with van der Waals surface area (Å²) in [5.74, 6) is -0.456. The summed E-state index contributed by atoms with van der Waals surface area (Å²) in [6.45, 7) is 9.80. The molecule has 0 aliphatic carbocycles. The summed E-state index contributed by atoms with van der Waals surface area (Å²) in [6, 6.07) is 9.21. The second-order valence-corrected chi connectivity index (χ2v) is 8.51. The first kappa shape index (κ1) is 18.8. The molecule has 24 heavy (non-hydrogen) atoms. The largest absolute Gasteiger partial charge is 0.468 e. The quantitative estimate of drug-likeness (QED) is 0.776. The number of rotatable bonds is 3. The molecule has 0 aromatic heterocycles. The summed E-state index contributed by atoms with van der Waals surface area (Å²) in [5.41, 5.74) is -0.436. The second kappa shape index (κ2) is 6.41. The fraction of sp³-hybridized carbons (Fsp3) is 0.556. The molecule has 2 rings (SSSR count). The highest BCUT2D eigenvalue weighted by Crippen LogP contribution is 2.44. The van der Waals surface area contributed by atoms with Crippen LogP contribution in [0.1, 0.15) is 40.2 Å². The van der Waals surface area contributed by atoms with Gasteiger partial charge in [0.2, 0.25) is 0 Å². The Kier molecular flexibility index (Phi) is 5.02. The van der Waals surface area contributed by atoms with Crippen LogP contribution in [0.4, 0.5) is 4.79 Å². The first-order valence-electron chi connectivity index (χ1n) is 7.86. The monoisotopic (exact) mass is 351 g/mol. The zero-order valence-electron chi connectivity index (χ0n) is 15.1. The number of carbonyl (C=O) groups excluding carboxylic acids is 2. The molecule has 0 saturated carbocycles. The predicted molar refractivity (Wildman–Crippen MR) is 94.7 cm³/mol. The maximum absolute atomic E-state index is 13.1. The van der Waals surface area contributed by atoms with Crippen molar-refractivity contribution in [3.05, 3.63) is 35.9 Å². The van der Waals surface area contributed by atoms with Gasteiger partial charge in [0.05, 0.1) is 19.3 Å². The minimum atomic E-state index is -1.12. The average Bonchev–Trinajstić information content (AvgIpc) is 2.75. The minimum Gasteiger partial charge on any atom is -0.468 e. The van der Waals surface area contributed by atoms with Crippen LogP contribution in [0.2, 0.25) is 0 Å². The van der Waals surface area contributed by atoms with Crippen LogP contribution in [0.15, 0.2) is 30.3 Å². The molecule has 6 heteroatoms. The Labute approximate surface area is 147 Å². The Balaban J connectivity index is 2.37. The topological polar surface area (TPSA) is 55.8 Å². The van der Waals surface area contributed by atoms with Gasteiger partial charge in [0, 0.05) is 0 Å². The number of methoxy groups -OCH3 is 1. The van der Waals surface area contributed by atoms with Gasteiger partial charge in [0.1, 0.15) is 10.5 Å². The highest BCUT2D eigenvalue weighted by Gasteiger charge is 2.51. The molecular weight excluding hydrogens is 326 g/mol. The summed E-state index contributed by atoms with van der Waals surface area (Å²) in [6.07, 6.45) is 0. The van der Waals surface area contributed by atoms with Crippen molar-refractivity contribution in [1.82, 2.24) is 4.90 Å². The Bertz CT molecular complexity index is 613. The number of ether oxygens (including phenoxy) is 2. The van der Waals surface area contributed by atoms with Crippen molar-refractivity contribution in [2.75, 3.05) is 13.7 Å². The zero-order valence-corrected chi connectivity index (χ0v) is 15.9. The maximum Gasteiger partial charge on any atom is 0.326 e. The highest BCUT2D eigenvalue weighted by atomic mass is 32.2. The molecule has 1 fully saturated rings. The van der Waals surface area contributed by atoms with E-state index in [1.165, 1.54) is 7.11 Å². The van der Waals surface area contributed by atoms with E-state index in [0.29, 0.717) is 6.61 Å². The normalized spacial score (nSPS) is 21.2. The number of esters is 1. The lowest BCUT2D eigenvalue weighted by Crippen LogP contribution is -2.52. The molecule has 1 heterocycles. The molecule has 5 nitrogen and oxygen atoms in total. The van der Waals surface area contributed by atoms with Gasteiger partial charge in [-0.25, -0.2) is 0 Å². The van der Waals surface area contributed by atoms with Crippen molar-refractivity contribution in [3.8, 4) is 0 Å². The molecule has 1 aliphatic rings. The molecule has 1 aromatic rings. The first-order chi connectivity index (χ1) is 11.0. The van der Waals surface area contributed by atoms with Crippen LogP contribution in [0, 0.1) is 0 Å². The van der Waals surface area contributed by atoms with Crippen molar-refractivity contribution in [2.24, 2.45) is 0 Å². The van der Waals surface area contributed by atoms with Gasteiger partial charge in [-0.2, -0.15) is 0 Å². The Hall–Kier alpha value is -1.53. The van der Waals surface area contributed by atoms with Gasteiger partial charge in [-0.1, -0.05) is 30.3 Å². The van der Waals surface area contributed by atoms with Crippen LogP contribution in [-0.2, 0) is 19.0 Å². The maximum atomic E-state index is 13.1. The van der Waals surface area contributed by atoms with E-state index >= 15 is 0 Å². The lowest BCUT2D eigenvalue weighted by Gasteiger charge is -2.39. The summed E-state index contributed by atoms with van der Waals surface area (Å²) in [5, 5.41) is -0.209. The molecule has 1 saturated heterocycles. The molecule has 132 valence electrons. The van der Waals surface area contributed by atoms with Gasteiger partial charge in [0.25, 0.3) is 5.24 Å². The molecule has 0 bridgehead atoms.